The average Bonchev–Trinajstić information content (AvgIpc) is 2.83. The molecule has 2 aliphatic heterocycles. The summed E-state index contributed by atoms with van der Waals surface area (Å²) in [4.78, 5) is 5.03. The molecule has 1 N–H and O–H groups in total. The second-order valence-corrected chi connectivity index (χ2v) is 6.68. The molecule has 0 aromatic carbocycles. The molecule has 4 nitrogen and oxygen atoms in total. The van der Waals surface area contributed by atoms with Gasteiger partial charge in [0.25, 0.3) is 0 Å². The zero-order valence-electron chi connectivity index (χ0n) is 13.6. The standard InChI is InChI=1S/C16H33N3O/c1-4-8-17-16-7-10-20-13-14(16)11-18(2)12-15-6-5-9-19(15)3/h14-17H,4-13H2,1-3H3. The Morgan fingerprint density at radius 1 is 1.30 bits per heavy atom. The van der Waals surface area contributed by atoms with E-state index >= 15 is 0 Å². The summed E-state index contributed by atoms with van der Waals surface area (Å²) < 4.78 is 5.71. The fourth-order valence-corrected chi connectivity index (χ4v) is 3.62. The fourth-order valence-electron chi connectivity index (χ4n) is 3.62. The number of likely N-dealkylation sites (N-methyl/N-ethyl adjacent to an activating group) is 2. The van der Waals surface area contributed by atoms with E-state index in [-0.39, 0.29) is 0 Å². The second kappa shape index (κ2) is 8.32. The lowest BCUT2D eigenvalue weighted by Gasteiger charge is -2.36. The van der Waals surface area contributed by atoms with Crippen molar-refractivity contribution < 1.29 is 4.74 Å². The van der Waals surface area contributed by atoms with Gasteiger partial charge in [0.1, 0.15) is 0 Å². The van der Waals surface area contributed by atoms with Crippen molar-refractivity contribution in [3.63, 3.8) is 0 Å². The van der Waals surface area contributed by atoms with Crippen LogP contribution < -0.4 is 5.32 Å². The lowest BCUT2D eigenvalue weighted by molar-refractivity contribution is 0.0177. The summed E-state index contributed by atoms with van der Waals surface area (Å²) in [7, 11) is 4.54. The molecule has 0 aromatic heterocycles. The topological polar surface area (TPSA) is 27.7 Å². The molecular weight excluding hydrogens is 250 g/mol. The smallest absolute Gasteiger partial charge is 0.0521 e. The maximum absolute atomic E-state index is 5.71. The Balaban J connectivity index is 1.76. The van der Waals surface area contributed by atoms with E-state index in [2.05, 4.69) is 36.1 Å². The van der Waals surface area contributed by atoms with Gasteiger partial charge in [0.2, 0.25) is 0 Å². The maximum atomic E-state index is 5.71. The molecule has 0 aromatic rings. The number of ether oxygens (including phenoxy) is 1. The van der Waals surface area contributed by atoms with Gasteiger partial charge in [-0.1, -0.05) is 6.92 Å². The number of hydrogen-bond donors (Lipinski definition) is 1. The van der Waals surface area contributed by atoms with E-state index < -0.39 is 0 Å². The number of rotatable bonds is 7. The lowest BCUT2D eigenvalue weighted by Crippen LogP contribution is -2.48. The van der Waals surface area contributed by atoms with Crippen LogP contribution in [-0.4, -0.2) is 75.4 Å². The SMILES string of the molecule is CCCNC1CCOCC1CN(C)CC1CCCN1C. The summed E-state index contributed by atoms with van der Waals surface area (Å²) >= 11 is 0. The minimum atomic E-state index is 0.645. The molecule has 2 rings (SSSR count). The van der Waals surface area contributed by atoms with Crippen molar-refractivity contribution in [3.05, 3.63) is 0 Å². The first kappa shape index (κ1) is 16.2. The Kier molecular flexibility index (Phi) is 6.75. The summed E-state index contributed by atoms with van der Waals surface area (Å²) in [6, 6.07) is 1.40. The van der Waals surface area contributed by atoms with Crippen molar-refractivity contribution in [1.29, 1.82) is 0 Å². The highest BCUT2D eigenvalue weighted by molar-refractivity contribution is 4.84. The molecule has 0 aliphatic carbocycles. The van der Waals surface area contributed by atoms with Gasteiger partial charge in [-0.05, 0) is 52.9 Å². The molecule has 118 valence electrons. The molecule has 3 atom stereocenters. The van der Waals surface area contributed by atoms with Crippen LogP contribution in [0.5, 0.6) is 0 Å². The first-order chi connectivity index (χ1) is 9.70. The van der Waals surface area contributed by atoms with E-state index in [1.807, 2.05) is 0 Å². The third kappa shape index (κ3) is 4.69. The minimum Gasteiger partial charge on any atom is -0.381 e. The van der Waals surface area contributed by atoms with Crippen LogP contribution in [0.3, 0.4) is 0 Å². The molecular formula is C16H33N3O. The second-order valence-electron chi connectivity index (χ2n) is 6.68. The molecule has 2 fully saturated rings. The Morgan fingerprint density at radius 2 is 2.15 bits per heavy atom. The molecule has 0 saturated carbocycles. The van der Waals surface area contributed by atoms with Gasteiger partial charge in [-0.3, -0.25) is 0 Å². The van der Waals surface area contributed by atoms with Crippen LogP contribution in [0, 0.1) is 5.92 Å². The summed E-state index contributed by atoms with van der Waals surface area (Å²) in [6.07, 6.45) is 5.11. The van der Waals surface area contributed by atoms with E-state index in [1.54, 1.807) is 0 Å². The molecule has 3 unspecified atom stereocenters. The molecule has 2 heterocycles. The molecule has 0 spiro atoms. The summed E-state index contributed by atoms with van der Waals surface area (Å²) in [5.74, 6) is 0.645. The van der Waals surface area contributed by atoms with Crippen molar-refractivity contribution in [1.82, 2.24) is 15.1 Å². The van der Waals surface area contributed by atoms with Gasteiger partial charge >= 0.3 is 0 Å². The minimum absolute atomic E-state index is 0.645. The van der Waals surface area contributed by atoms with Crippen LogP contribution in [0.1, 0.15) is 32.6 Å². The van der Waals surface area contributed by atoms with Gasteiger partial charge in [-0.2, -0.15) is 0 Å². The number of hydrogen-bond acceptors (Lipinski definition) is 4. The van der Waals surface area contributed by atoms with Crippen LogP contribution >= 0.6 is 0 Å². The predicted molar refractivity (Wildman–Crippen MR) is 84.2 cm³/mol. The highest BCUT2D eigenvalue weighted by Crippen LogP contribution is 2.19. The summed E-state index contributed by atoms with van der Waals surface area (Å²) in [5, 5.41) is 3.71. The Hall–Kier alpha value is -0.160. The number of likely N-dealkylation sites (tertiary alicyclic amines) is 1. The van der Waals surface area contributed by atoms with E-state index in [9.17, 15) is 0 Å². The Morgan fingerprint density at radius 3 is 2.85 bits per heavy atom. The van der Waals surface area contributed by atoms with Crippen molar-refractivity contribution in [3.8, 4) is 0 Å². The highest BCUT2D eigenvalue weighted by atomic mass is 16.5. The van der Waals surface area contributed by atoms with Crippen molar-refractivity contribution in [2.45, 2.75) is 44.7 Å². The van der Waals surface area contributed by atoms with E-state index in [0.29, 0.717) is 12.0 Å². The third-order valence-electron chi connectivity index (χ3n) is 4.87. The zero-order valence-corrected chi connectivity index (χ0v) is 13.6. The van der Waals surface area contributed by atoms with Gasteiger partial charge in [0, 0.05) is 37.7 Å². The van der Waals surface area contributed by atoms with Gasteiger partial charge in [-0.15, -0.1) is 0 Å². The quantitative estimate of drug-likeness (QED) is 0.765. The summed E-state index contributed by atoms with van der Waals surface area (Å²) in [6.45, 7) is 8.85. The van der Waals surface area contributed by atoms with Gasteiger partial charge in [0.05, 0.1) is 6.61 Å². The molecule has 2 saturated heterocycles. The van der Waals surface area contributed by atoms with Crippen LogP contribution in [0.25, 0.3) is 0 Å². The fraction of sp³-hybridized carbons (Fsp3) is 1.00. The van der Waals surface area contributed by atoms with Gasteiger partial charge in [-0.25, -0.2) is 0 Å². The molecule has 4 heteroatoms. The van der Waals surface area contributed by atoms with Crippen molar-refractivity contribution in [2.75, 3.05) is 53.5 Å². The van der Waals surface area contributed by atoms with E-state index in [1.165, 1.54) is 38.8 Å². The maximum Gasteiger partial charge on any atom is 0.0521 e. The predicted octanol–water partition coefficient (Wildman–Crippen LogP) is 1.42. The third-order valence-corrected chi connectivity index (χ3v) is 4.87. The van der Waals surface area contributed by atoms with E-state index in [0.717, 1.165) is 32.3 Å². The van der Waals surface area contributed by atoms with Crippen LogP contribution in [0.15, 0.2) is 0 Å². The molecule has 2 aliphatic rings. The average molecular weight is 283 g/mol. The largest absolute Gasteiger partial charge is 0.381 e. The van der Waals surface area contributed by atoms with Crippen molar-refractivity contribution in [2.24, 2.45) is 5.92 Å². The van der Waals surface area contributed by atoms with Crippen molar-refractivity contribution >= 4 is 0 Å². The van der Waals surface area contributed by atoms with Gasteiger partial charge in [0.15, 0.2) is 0 Å². The Labute approximate surface area is 124 Å². The summed E-state index contributed by atoms with van der Waals surface area (Å²) in [5.41, 5.74) is 0. The highest BCUT2D eigenvalue weighted by Gasteiger charge is 2.28. The number of nitrogens with one attached hydrogen (secondary N) is 1. The molecule has 0 amide bonds. The molecule has 20 heavy (non-hydrogen) atoms. The Bertz CT molecular complexity index is 274. The first-order valence-corrected chi connectivity index (χ1v) is 8.40. The van der Waals surface area contributed by atoms with Crippen LogP contribution in [0.2, 0.25) is 0 Å². The van der Waals surface area contributed by atoms with Crippen LogP contribution in [0.4, 0.5) is 0 Å². The lowest BCUT2D eigenvalue weighted by atomic mass is 9.95. The first-order valence-electron chi connectivity index (χ1n) is 8.40. The monoisotopic (exact) mass is 283 g/mol. The van der Waals surface area contributed by atoms with Crippen LogP contribution in [-0.2, 0) is 4.74 Å². The number of nitrogens with zero attached hydrogens (tertiary/aromatic N) is 2. The molecule has 0 radical (unpaired) electrons. The molecule has 0 bridgehead atoms. The van der Waals surface area contributed by atoms with Gasteiger partial charge < -0.3 is 19.9 Å². The van der Waals surface area contributed by atoms with E-state index in [4.69, 9.17) is 4.74 Å². The normalized spacial score (nSPS) is 32.1. The zero-order chi connectivity index (χ0) is 14.4.